The lowest BCUT2D eigenvalue weighted by molar-refractivity contribution is -0.0282. The first kappa shape index (κ1) is 26.4. The van der Waals surface area contributed by atoms with Crippen LogP contribution >= 0.6 is 0 Å². The first-order valence-corrected chi connectivity index (χ1v) is 13.1. The molecule has 0 amide bonds. The predicted molar refractivity (Wildman–Crippen MR) is 148 cm³/mol. The highest BCUT2D eigenvalue weighted by Crippen LogP contribution is 2.36. The van der Waals surface area contributed by atoms with Crippen molar-refractivity contribution in [3.05, 3.63) is 40.5 Å². The molecule has 5 heterocycles. The maximum absolute atomic E-state index is 10.1. The first-order chi connectivity index (χ1) is 18.1. The van der Waals surface area contributed by atoms with Crippen molar-refractivity contribution in [3.63, 3.8) is 0 Å². The highest BCUT2D eigenvalue weighted by molar-refractivity contribution is 5.91. The number of nitrogens with zero attached hydrogens (tertiary/aromatic N) is 7. The number of hydrogen-bond acceptors (Lipinski definition) is 9. The Kier molecular flexibility index (Phi) is 7.03. The van der Waals surface area contributed by atoms with E-state index in [-0.39, 0.29) is 24.9 Å². The van der Waals surface area contributed by atoms with Gasteiger partial charge in [-0.2, -0.15) is 10.2 Å². The molecule has 0 fully saturated rings. The zero-order chi connectivity index (χ0) is 27.3. The zero-order valence-corrected chi connectivity index (χ0v) is 23.6. The van der Waals surface area contributed by atoms with E-state index in [1.54, 1.807) is 4.68 Å². The van der Waals surface area contributed by atoms with Gasteiger partial charge in [-0.1, -0.05) is 6.08 Å². The number of ether oxygens (including phenoxy) is 1. The summed E-state index contributed by atoms with van der Waals surface area (Å²) in [6.45, 7) is 9.53. The van der Waals surface area contributed by atoms with Crippen LogP contribution in [-0.4, -0.2) is 104 Å². The fourth-order valence-corrected chi connectivity index (χ4v) is 5.82. The van der Waals surface area contributed by atoms with Crippen LogP contribution in [0.15, 0.2) is 23.4 Å². The predicted octanol–water partition coefficient (Wildman–Crippen LogP) is 2.04. The standard InChI is InChI=1S/C27H39N9O2/c1-15(14-37)36-23-13-33(6)12-16(2)38-27-24(17(3)32-34(27)7)22-11-20-21(30-31-25(20)18(4)29-22)10-9-19(23)26(28-5)35(36)8/h9-11,15-16,26,28,37H,12-14H2,1-8H3,(H,30,31)/b10-9+/t15-,16-,26?/m0/s1. The van der Waals surface area contributed by atoms with Gasteiger partial charge in [-0.15, -0.1) is 0 Å². The highest BCUT2D eigenvalue weighted by Gasteiger charge is 2.37. The lowest BCUT2D eigenvalue weighted by Gasteiger charge is -2.37. The zero-order valence-electron chi connectivity index (χ0n) is 23.6. The van der Waals surface area contributed by atoms with Crippen LogP contribution in [0.3, 0.4) is 0 Å². The molecular weight excluding hydrogens is 482 g/mol. The Morgan fingerprint density at radius 3 is 2.68 bits per heavy atom. The van der Waals surface area contributed by atoms with Gasteiger partial charge < -0.3 is 14.9 Å². The average Bonchev–Trinajstić information content (AvgIpc) is 3.48. The molecule has 2 bridgehead atoms. The van der Waals surface area contributed by atoms with Gasteiger partial charge in [-0.25, -0.2) is 9.69 Å². The van der Waals surface area contributed by atoms with Crippen LogP contribution in [0.4, 0.5) is 0 Å². The normalized spacial score (nSPS) is 22.8. The Labute approximate surface area is 223 Å². The number of aliphatic hydroxyl groups excluding tert-OH is 1. The Balaban J connectivity index is 1.72. The molecule has 0 radical (unpaired) electrons. The molecule has 0 saturated carbocycles. The third kappa shape index (κ3) is 4.39. The number of nitrogens with one attached hydrogen (secondary N) is 2. The summed E-state index contributed by atoms with van der Waals surface area (Å²) >= 11 is 0. The van der Waals surface area contributed by atoms with Crippen molar-refractivity contribution in [3.8, 4) is 17.1 Å². The van der Waals surface area contributed by atoms with E-state index >= 15 is 0 Å². The summed E-state index contributed by atoms with van der Waals surface area (Å²) in [5.74, 6) is 0.705. The Bertz CT molecular complexity index is 1410. The number of hydrogen-bond donors (Lipinski definition) is 3. The molecule has 11 heteroatoms. The molecule has 204 valence electrons. The van der Waals surface area contributed by atoms with E-state index in [0.29, 0.717) is 19.0 Å². The second-order valence-corrected chi connectivity index (χ2v) is 10.5. The number of aliphatic hydroxyl groups is 1. The summed E-state index contributed by atoms with van der Waals surface area (Å²) < 4.78 is 8.34. The van der Waals surface area contributed by atoms with Crippen molar-refractivity contribution in [2.75, 3.05) is 40.8 Å². The SMILES string of the molecule is CNC1C2=C(CN(C)C[C@H](C)Oc3c(c(C)nn3C)-c3cc4c([nH]nc4c(C)n3)/C=C/2)N([C@@H](C)CO)N1C. The van der Waals surface area contributed by atoms with Gasteiger partial charge in [0.1, 0.15) is 17.8 Å². The molecule has 1 unspecified atom stereocenters. The van der Waals surface area contributed by atoms with E-state index in [1.165, 1.54) is 0 Å². The number of aromatic amines is 1. The van der Waals surface area contributed by atoms with E-state index in [4.69, 9.17) is 9.72 Å². The summed E-state index contributed by atoms with van der Waals surface area (Å²) in [6, 6.07) is 2.00. The van der Waals surface area contributed by atoms with Crippen LogP contribution in [0.5, 0.6) is 5.88 Å². The fourth-order valence-electron chi connectivity index (χ4n) is 5.82. The first-order valence-electron chi connectivity index (χ1n) is 13.1. The van der Waals surface area contributed by atoms with E-state index in [2.05, 4.69) is 74.8 Å². The van der Waals surface area contributed by atoms with Crippen molar-refractivity contribution < 1.29 is 9.84 Å². The molecule has 0 saturated heterocycles. The van der Waals surface area contributed by atoms with Crippen LogP contribution in [0.1, 0.15) is 30.9 Å². The van der Waals surface area contributed by atoms with Gasteiger partial charge in [0.15, 0.2) is 0 Å². The second kappa shape index (κ2) is 10.1. The molecule has 3 aromatic heterocycles. The largest absolute Gasteiger partial charge is 0.473 e. The topological polar surface area (TPSA) is 111 Å². The number of aromatic nitrogens is 5. The van der Waals surface area contributed by atoms with Crippen molar-refractivity contribution in [1.82, 2.24) is 45.2 Å². The summed E-state index contributed by atoms with van der Waals surface area (Å²) in [5.41, 5.74) is 7.46. The molecule has 0 aliphatic carbocycles. The van der Waals surface area contributed by atoms with Crippen LogP contribution in [0.25, 0.3) is 28.2 Å². The Hall–Kier alpha value is -3.25. The number of pyridine rings is 1. The molecule has 0 aromatic carbocycles. The smallest absolute Gasteiger partial charge is 0.221 e. The molecule has 5 rings (SSSR count). The lowest BCUT2D eigenvalue weighted by atomic mass is 10.1. The van der Waals surface area contributed by atoms with Gasteiger partial charge in [-0.05, 0) is 53.9 Å². The van der Waals surface area contributed by atoms with Crippen LogP contribution < -0.4 is 10.1 Å². The number of H-pyrrole nitrogens is 1. The van der Waals surface area contributed by atoms with E-state index in [0.717, 1.165) is 50.5 Å². The van der Waals surface area contributed by atoms with Crippen LogP contribution in [0.2, 0.25) is 0 Å². The quantitative estimate of drug-likeness (QED) is 0.477. The Morgan fingerprint density at radius 2 is 1.97 bits per heavy atom. The van der Waals surface area contributed by atoms with Crippen molar-refractivity contribution >= 4 is 17.0 Å². The fraction of sp³-hybridized carbons (Fsp3) is 0.519. The number of likely N-dealkylation sites (N-methyl/N-ethyl adjacent to an activating group) is 3. The van der Waals surface area contributed by atoms with Gasteiger partial charge in [-0.3, -0.25) is 20.3 Å². The van der Waals surface area contributed by atoms with E-state index in [1.807, 2.05) is 34.9 Å². The minimum atomic E-state index is -0.101. The molecule has 38 heavy (non-hydrogen) atoms. The molecule has 11 nitrogen and oxygen atoms in total. The van der Waals surface area contributed by atoms with Gasteiger partial charge in [0.2, 0.25) is 5.88 Å². The monoisotopic (exact) mass is 521 g/mol. The maximum atomic E-state index is 10.1. The molecule has 3 atom stereocenters. The average molecular weight is 522 g/mol. The number of hydrazine groups is 1. The minimum Gasteiger partial charge on any atom is -0.473 e. The van der Waals surface area contributed by atoms with Crippen LogP contribution in [-0.2, 0) is 7.05 Å². The molecule has 2 aliphatic rings. The van der Waals surface area contributed by atoms with Gasteiger partial charge in [0.25, 0.3) is 0 Å². The van der Waals surface area contributed by atoms with E-state index in [9.17, 15) is 5.11 Å². The maximum Gasteiger partial charge on any atom is 0.221 e. The second-order valence-electron chi connectivity index (χ2n) is 10.5. The van der Waals surface area contributed by atoms with Crippen molar-refractivity contribution in [2.24, 2.45) is 7.05 Å². The van der Waals surface area contributed by atoms with Gasteiger partial charge in [0.05, 0.1) is 46.7 Å². The van der Waals surface area contributed by atoms with Crippen molar-refractivity contribution in [2.45, 2.75) is 46.0 Å². The Morgan fingerprint density at radius 1 is 1.21 bits per heavy atom. The minimum absolute atomic E-state index is 0.0425. The molecule has 2 aliphatic heterocycles. The molecule has 0 spiro atoms. The third-order valence-electron chi connectivity index (χ3n) is 7.47. The highest BCUT2D eigenvalue weighted by atomic mass is 16.5. The summed E-state index contributed by atoms with van der Waals surface area (Å²) in [7, 11) is 8.02. The lowest BCUT2D eigenvalue weighted by Crippen LogP contribution is -2.50. The van der Waals surface area contributed by atoms with Crippen LogP contribution in [0, 0.1) is 13.8 Å². The number of aryl methyl sites for hydroxylation is 3. The summed E-state index contributed by atoms with van der Waals surface area (Å²) in [5, 5.41) is 31.4. The molecule has 3 aromatic rings. The van der Waals surface area contributed by atoms with Gasteiger partial charge >= 0.3 is 0 Å². The molecular formula is C27H39N9O2. The van der Waals surface area contributed by atoms with E-state index < -0.39 is 0 Å². The third-order valence-corrected chi connectivity index (χ3v) is 7.47. The van der Waals surface area contributed by atoms with Gasteiger partial charge in [0, 0.05) is 38.1 Å². The van der Waals surface area contributed by atoms with Crippen molar-refractivity contribution in [1.29, 1.82) is 0 Å². The molecule has 3 N–H and O–H groups in total. The summed E-state index contributed by atoms with van der Waals surface area (Å²) in [4.78, 5) is 7.16. The number of fused-ring (bicyclic) bond motifs is 3. The number of rotatable bonds is 3. The summed E-state index contributed by atoms with van der Waals surface area (Å²) in [6.07, 6.45) is 4.11.